The van der Waals surface area contributed by atoms with Crippen LogP contribution in [0.4, 0.5) is 5.13 Å². The van der Waals surface area contributed by atoms with Crippen LogP contribution in [0.3, 0.4) is 0 Å². The van der Waals surface area contributed by atoms with Crippen molar-refractivity contribution in [3.8, 4) is 0 Å². The molecule has 98 valence electrons. The van der Waals surface area contributed by atoms with Crippen molar-refractivity contribution in [2.45, 2.75) is 6.92 Å². The van der Waals surface area contributed by atoms with Gasteiger partial charge in [-0.05, 0) is 19.1 Å². The Kier molecular flexibility index (Phi) is 4.19. The summed E-state index contributed by atoms with van der Waals surface area (Å²) in [5, 5.41) is 4.48. The van der Waals surface area contributed by atoms with E-state index in [1.807, 2.05) is 0 Å². The number of ether oxygens (including phenoxy) is 1. The fourth-order valence-electron chi connectivity index (χ4n) is 1.30. The summed E-state index contributed by atoms with van der Waals surface area (Å²) in [6, 6.07) is 3.31. The van der Waals surface area contributed by atoms with Crippen LogP contribution in [0.1, 0.15) is 27.8 Å². The standard InChI is InChI=1S/C12H11N3O3S/c1-2-18-11(17)9-7-19-12(14-9)15-10(16)8-4-3-5-13-6-8/h3-7H,2H2,1H3,(H,14,15,16). The Hall–Kier alpha value is -2.28. The van der Waals surface area contributed by atoms with Gasteiger partial charge in [-0.2, -0.15) is 0 Å². The van der Waals surface area contributed by atoms with E-state index in [1.165, 1.54) is 11.6 Å². The molecular formula is C12H11N3O3S. The zero-order valence-electron chi connectivity index (χ0n) is 10.1. The highest BCUT2D eigenvalue weighted by Gasteiger charge is 2.13. The van der Waals surface area contributed by atoms with E-state index in [0.717, 1.165) is 11.3 Å². The summed E-state index contributed by atoms with van der Waals surface area (Å²) in [6.45, 7) is 2.00. The lowest BCUT2D eigenvalue weighted by molar-refractivity contribution is 0.0520. The van der Waals surface area contributed by atoms with Gasteiger partial charge in [0, 0.05) is 17.8 Å². The van der Waals surface area contributed by atoms with E-state index >= 15 is 0 Å². The smallest absolute Gasteiger partial charge is 0.357 e. The van der Waals surface area contributed by atoms with Gasteiger partial charge >= 0.3 is 5.97 Å². The molecule has 0 radical (unpaired) electrons. The largest absolute Gasteiger partial charge is 0.461 e. The first kappa shape index (κ1) is 13.2. The monoisotopic (exact) mass is 277 g/mol. The number of amides is 1. The lowest BCUT2D eigenvalue weighted by atomic mass is 10.3. The van der Waals surface area contributed by atoms with E-state index in [-0.39, 0.29) is 18.2 Å². The number of thiazole rings is 1. The normalized spacial score (nSPS) is 9.95. The molecule has 1 N–H and O–H groups in total. The minimum atomic E-state index is -0.499. The molecule has 0 unspecified atom stereocenters. The fourth-order valence-corrected chi connectivity index (χ4v) is 1.97. The fraction of sp³-hybridized carbons (Fsp3) is 0.167. The van der Waals surface area contributed by atoms with Crippen molar-refractivity contribution in [3.63, 3.8) is 0 Å². The van der Waals surface area contributed by atoms with Crippen LogP contribution in [0.5, 0.6) is 0 Å². The summed E-state index contributed by atoms with van der Waals surface area (Å²) < 4.78 is 4.81. The summed E-state index contributed by atoms with van der Waals surface area (Å²) in [7, 11) is 0. The van der Waals surface area contributed by atoms with Gasteiger partial charge in [0.05, 0.1) is 12.2 Å². The summed E-state index contributed by atoms with van der Waals surface area (Å²) in [6.07, 6.45) is 3.04. The maximum atomic E-state index is 11.8. The molecule has 0 aliphatic carbocycles. The van der Waals surface area contributed by atoms with Crippen molar-refractivity contribution < 1.29 is 14.3 Å². The number of hydrogen-bond donors (Lipinski definition) is 1. The van der Waals surface area contributed by atoms with Crippen LogP contribution in [0.2, 0.25) is 0 Å². The molecule has 2 aromatic rings. The number of hydrogen-bond acceptors (Lipinski definition) is 6. The number of esters is 1. The lowest BCUT2D eigenvalue weighted by Crippen LogP contribution is -2.12. The Morgan fingerprint density at radius 1 is 1.47 bits per heavy atom. The number of nitrogens with one attached hydrogen (secondary N) is 1. The van der Waals surface area contributed by atoms with Gasteiger partial charge in [0.2, 0.25) is 0 Å². The van der Waals surface area contributed by atoms with Gasteiger partial charge in [0.15, 0.2) is 10.8 Å². The molecule has 6 nitrogen and oxygen atoms in total. The molecule has 2 aromatic heterocycles. The van der Waals surface area contributed by atoms with E-state index in [0.29, 0.717) is 10.7 Å². The third kappa shape index (κ3) is 3.35. The average molecular weight is 277 g/mol. The third-order valence-electron chi connectivity index (χ3n) is 2.13. The van der Waals surface area contributed by atoms with Gasteiger partial charge in [0.25, 0.3) is 5.91 Å². The second kappa shape index (κ2) is 6.05. The maximum absolute atomic E-state index is 11.8. The Morgan fingerprint density at radius 2 is 2.32 bits per heavy atom. The van der Waals surface area contributed by atoms with Gasteiger partial charge in [-0.3, -0.25) is 15.1 Å². The minimum absolute atomic E-state index is 0.188. The van der Waals surface area contributed by atoms with Crippen LogP contribution in [0, 0.1) is 0 Å². The van der Waals surface area contributed by atoms with Crippen molar-refractivity contribution in [2.24, 2.45) is 0 Å². The van der Waals surface area contributed by atoms with Crippen LogP contribution in [0.15, 0.2) is 29.9 Å². The van der Waals surface area contributed by atoms with E-state index in [2.05, 4.69) is 15.3 Å². The van der Waals surface area contributed by atoms with Gasteiger partial charge in [-0.15, -0.1) is 11.3 Å². The Bertz CT molecular complexity index is 583. The third-order valence-corrected chi connectivity index (χ3v) is 2.89. The van der Waals surface area contributed by atoms with E-state index in [1.54, 1.807) is 25.3 Å². The summed E-state index contributed by atoms with van der Waals surface area (Å²) in [5.41, 5.74) is 0.615. The van der Waals surface area contributed by atoms with Crippen molar-refractivity contribution in [2.75, 3.05) is 11.9 Å². The average Bonchev–Trinajstić information content (AvgIpc) is 2.88. The molecule has 19 heavy (non-hydrogen) atoms. The molecule has 2 heterocycles. The highest BCUT2D eigenvalue weighted by Crippen LogP contribution is 2.17. The van der Waals surface area contributed by atoms with Gasteiger partial charge in [0.1, 0.15) is 0 Å². The first-order valence-electron chi connectivity index (χ1n) is 5.54. The highest BCUT2D eigenvalue weighted by atomic mass is 32.1. The molecule has 1 amide bonds. The van der Waals surface area contributed by atoms with Crippen LogP contribution < -0.4 is 5.32 Å². The molecule has 7 heteroatoms. The SMILES string of the molecule is CCOC(=O)c1csc(NC(=O)c2cccnc2)n1. The topological polar surface area (TPSA) is 81.2 Å². The number of carbonyl (C=O) groups excluding carboxylic acids is 2. The zero-order valence-corrected chi connectivity index (χ0v) is 10.9. The Balaban J connectivity index is 2.04. The van der Waals surface area contributed by atoms with Gasteiger partial charge in [-0.25, -0.2) is 9.78 Å². The molecule has 0 fully saturated rings. The van der Waals surface area contributed by atoms with E-state index in [9.17, 15) is 9.59 Å². The second-order valence-electron chi connectivity index (χ2n) is 3.45. The molecule has 0 aromatic carbocycles. The Labute approximate surface area is 113 Å². The number of nitrogens with zero attached hydrogens (tertiary/aromatic N) is 2. The van der Waals surface area contributed by atoms with Crippen LogP contribution in [-0.2, 0) is 4.74 Å². The molecular weight excluding hydrogens is 266 g/mol. The number of carbonyl (C=O) groups is 2. The summed E-state index contributed by atoms with van der Waals surface area (Å²) in [5.74, 6) is -0.821. The first-order valence-corrected chi connectivity index (χ1v) is 6.42. The molecule has 0 saturated carbocycles. The number of rotatable bonds is 4. The summed E-state index contributed by atoms with van der Waals surface area (Å²) in [4.78, 5) is 31.1. The Morgan fingerprint density at radius 3 is 3.00 bits per heavy atom. The predicted molar refractivity (Wildman–Crippen MR) is 70.3 cm³/mol. The molecule has 0 spiro atoms. The zero-order chi connectivity index (χ0) is 13.7. The predicted octanol–water partition coefficient (Wildman–Crippen LogP) is 1.97. The van der Waals surface area contributed by atoms with E-state index < -0.39 is 5.97 Å². The molecule has 2 rings (SSSR count). The molecule has 0 aliphatic heterocycles. The van der Waals surface area contributed by atoms with Crippen LogP contribution >= 0.6 is 11.3 Å². The molecule has 0 aliphatic rings. The maximum Gasteiger partial charge on any atom is 0.357 e. The number of pyridine rings is 1. The van der Waals surface area contributed by atoms with Crippen LogP contribution in [0.25, 0.3) is 0 Å². The van der Waals surface area contributed by atoms with Crippen LogP contribution in [-0.4, -0.2) is 28.5 Å². The second-order valence-corrected chi connectivity index (χ2v) is 4.31. The minimum Gasteiger partial charge on any atom is -0.461 e. The van der Waals surface area contributed by atoms with Crippen molar-refractivity contribution >= 4 is 28.3 Å². The van der Waals surface area contributed by atoms with Gasteiger partial charge in [-0.1, -0.05) is 0 Å². The van der Waals surface area contributed by atoms with Gasteiger partial charge < -0.3 is 4.74 Å². The number of aromatic nitrogens is 2. The quantitative estimate of drug-likeness (QED) is 0.864. The lowest BCUT2D eigenvalue weighted by Gasteiger charge is -2.00. The highest BCUT2D eigenvalue weighted by molar-refractivity contribution is 7.14. The van der Waals surface area contributed by atoms with Crippen molar-refractivity contribution in [1.29, 1.82) is 0 Å². The summed E-state index contributed by atoms with van der Waals surface area (Å²) >= 11 is 1.16. The molecule has 0 atom stereocenters. The molecule has 0 saturated heterocycles. The molecule has 0 bridgehead atoms. The first-order chi connectivity index (χ1) is 9.20. The van der Waals surface area contributed by atoms with Crippen molar-refractivity contribution in [1.82, 2.24) is 9.97 Å². The number of anilines is 1. The van der Waals surface area contributed by atoms with E-state index in [4.69, 9.17) is 4.74 Å². The van der Waals surface area contributed by atoms with Crippen molar-refractivity contribution in [3.05, 3.63) is 41.2 Å².